The summed E-state index contributed by atoms with van der Waals surface area (Å²) in [5, 5.41) is 0. The van der Waals surface area contributed by atoms with Crippen molar-refractivity contribution in [1.29, 1.82) is 0 Å². The average molecular weight is 232 g/mol. The Morgan fingerprint density at radius 1 is 1.40 bits per heavy atom. The van der Waals surface area contributed by atoms with E-state index in [1.165, 1.54) is 11.0 Å². The molecule has 0 aliphatic heterocycles. The van der Waals surface area contributed by atoms with Crippen LogP contribution in [0.15, 0.2) is 12.2 Å². The number of nitrogens with zero attached hydrogens (tertiary/aromatic N) is 1. The van der Waals surface area contributed by atoms with Crippen molar-refractivity contribution in [3.63, 3.8) is 0 Å². The number of amides is 2. The molecule has 0 aromatic carbocycles. The Labute approximate surface area is 96.1 Å². The van der Waals surface area contributed by atoms with E-state index in [4.69, 9.17) is 11.6 Å². The molecule has 0 heterocycles. The van der Waals surface area contributed by atoms with Crippen LogP contribution in [-0.4, -0.2) is 28.1 Å². The number of halogens is 1. The van der Waals surface area contributed by atoms with Gasteiger partial charge in [-0.25, -0.2) is 0 Å². The van der Waals surface area contributed by atoms with Gasteiger partial charge in [-0.1, -0.05) is 13.0 Å². The molecule has 2 amide bonds. The van der Waals surface area contributed by atoms with Gasteiger partial charge in [-0.2, -0.15) is 0 Å². The van der Waals surface area contributed by atoms with E-state index in [0.29, 0.717) is 6.42 Å². The van der Waals surface area contributed by atoms with Crippen LogP contribution in [0.25, 0.3) is 0 Å². The molecule has 0 N–H and O–H groups in total. The second-order valence-corrected chi connectivity index (χ2v) is 4.13. The fourth-order valence-electron chi connectivity index (χ4n) is 1.19. The van der Waals surface area contributed by atoms with E-state index < -0.39 is 5.54 Å². The van der Waals surface area contributed by atoms with Gasteiger partial charge in [0, 0.05) is 12.3 Å². The molecule has 0 aromatic heterocycles. The summed E-state index contributed by atoms with van der Waals surface area (Å²) in [7, 11) is 0. The van der Waals surface area contributed by atoms with Crippen LogP contribution in [0.4, 0.5) is 0 Å². The van der Waals surface area contributed by atoms with Gasteiger partial charge in [-0.15, -0.1) is 11.6 Å². The predicted molar refractivity (Wildman–Crippen MR) is 61.8 cm³/mol. The lowest BCUT2D eigenvalue weighted by molar-refractivity contribution is -0.147. The smallest absolute Gasteiger partial charge is 0.253 e. The molecule has 0 aliphatic carbocycles. The Morgan fingerprint density at radius 2 is 1.93 bits per heavy atom. The molecule has 0 saturated heterocycles. The van der Waals surface area contributed by atoms with Gasteiger partial charge >= 0.3 is 0 Å². The minimum atomic E-state index is -0.648. The summed E-state index contributed by atoms with van der Waals surface area (Å²) >= 11 is 5.76. The predicted octanol–water partition coefficient (Wildman–Crippen LogP) is 2.35. The van der Waals surface area contributed by atoms with Crippen LogP contribution in [0, 0.1) is 0 Å². The van der Waals surface area contributed by atoms with E-state index >= 15 is 0 Å². The topological polar surface area (TPSA) is 37.4 Å². The van der Waals surface area contributed by atoms with Crippen molar-refractivity contribution < 1.29 is 9.59 Å². The monoisotopic (exact) mass is 231 g/mol. The van der Waals surface area contributed by atoms with Crippen LogP contribution in [-0.2, 0) is 9.59 Å². The summed E-state index contributed by atoms with van der Waals surface area (Å²) in [6, 6.07) is 0. The van der Waals surface area contributed by atoms with Crippen molar-refractivity contribution in [3.05, 3.63) is 12.2 Å². The molecule has 0 aromatic rings. The standard InChI is InChI=1S/C11H18ClNO2/c1-5-7-10(15)13(9(14)6-2)11(3,4)8-12/h5,7H,6,8H2,1-4H3/b7-5+. The Balaban J connectivity index is 5.06. The molecular formula is C11H18ClNO2. The quantitative estimate of drug-likeness (QED) is 0.550. The summed E-state index contributed by atoms with van der Waals surface area (Å²) in [6.07, 6.45) is 3.29. The highest BCUT2D eigenvalue weighted by atomic mass is 35.5. The number of allylic oxidation sites excluding steroid dienone is 1. The zero-order chi connectivity index (χ0) is 12.1. The van der Waals surface area contributed by atoms with Crippen molar-refractivity contribution in [2.24, 2.45) is 0 Å². The number of rotatable bonds is 4. The first-order valence-corrected chi connectivity index (χ1v) is 5.49. The second kappa shape index (κ2) is 5.91. The highest BCUT2D eigenvalue weighted by Crippen LogP contribution is 2.18. The summed E-state index contributed by atoms with van der Waals surface area (Å²) < 4.78 is 0. The van der Waals surface area contributed by atoms with E-state index in [-0.39, 0.29) is 17.7 Å². The lowest BCUT2D eigenvalue weighted by atomic mass is 10.0. The summed E-state index contributed by atoms with van der Waals surface area (Å²) in [4.78, 5) is 24.6. The van der Waals surface area contributed by atoms with E-state index in [0.717, 1.165) is 0 Å². The van der Waals surface area contributed by atoms with Gasteiger partial charge in [0.1, 0.15) is 0 Å². The molecule has 0 unspecified atom stereocenters. The normalized spacial score (nSPS) is 11.8. The highest BCUT2D eigenvalue weighted by Gasteiger charge is 2.33. The van der Waals surface area contributed by atoms with Crippen LogP contribution >= 0.6 is 11.6 Å². The van der Waals surface area contributed by atoms with Gasteiger partial charge in [0.05, 0.1) is 5.54 Å². The molecule has 0 fully saturated rings. The molecule has 86 valence electrons. The van der Waals surface area contributed by atoms with Crippen molar-refractivity contribution in [2.45, 2.75) is 39.7 Å². The summed E-state index contributed by atoms with van der Waals surface area (Å²) in [5.41, 5.74) is -0.648. The molecule has 0 rings (SSSR count). The van der Waals surface area contributed by atoms with Crippen LogP contribution in [0.3, 0.4) is 0 Å². The van der Waals surface area contributed by atoms with Crippen LogP contribution in [0.5, 0.6) is 0 Å². The molecule has 4 heteroatoms. The molecule has 3 nitrogen and oxygen atoms in total. The largest absolute Gasteiger partial charge is 0.274 e. The van der Waals surface area contributed by atoms with Crippen molar-refractivity contribution in [3.8, 4) is 0 Å². The van der Waals surface area contributed by atoms with Gasteiger partial charge in [0.25, 0.3) is 5.91 Å². The number of carbonyl (C=O) groups is 2. The molecule has 0 radical (unpaired) electrons. The number of carbonyl (C=O) groups excluding carboxylic acids is 2. The first-order valence-electron chi connectivity index (χ1n) is 4.96. The minimum absolute atomic E-state index is 0.205. The maximum atomic E-state index is 11.7. The lowest BCUT2D eigenvalue weighted by Gasteiger charge is -2.34. The Bertz CT molecular complexity index is 272. The van der Waals surface area contributed by atoms with Gasteiger partial charge in [0.2, 0.25) is 5.91 Å². The Morgan fingerprint density at radius 3 is 2.27 bits per heavy atom. The van der Waals surface area contributed by atoms with Crippen molar-refractivity contribution in [1.82, 2.24) is 4.90 Å². The number of hydrogen-bond acceptors (Lipinski definition) is 2. The minimum Gasteiger partial charge on any atom is -0.274 e. The van der Waals surface area contributed by atoms with E-state index in [9.17, 15) is 9.59 Å². The first-order chi connectivity index (χ1) is 6.90. The van der Waals surface area contributed by atoms with E-state index in [1.54, 1.807) is 33.8 Å². The molecule has 0 saturated carbocycles. The number of imide groups is 1. The maximum absolute atomic E-state index is 11.7. The maximum Gasteiger partial charge on any atom is 0.253 e. The fourth-order valence-corrected chi connectivity index (χ4v) is 1.31. The third kappa shape index (κ3) is 3.67. The number of alkyl halides is 1. The first kappa shape index (κ1) is 14.2. The van der Waals surface area contributed by atoms with E-state index in [2.05, 4.69) is 0 Å². The zero-order valence-electron chi connectivity index (χ0n) is 9.71. The van der Waals surface area contributed by atoms with Gasteiger partial charge in [0.15, 0.2) is 0 Å². The van der Waals surface area contributed by atoms with Crippen LogP contribution in [0.1, 0.15) is 34.1 Å². The van der Waals surface area contributed by atoms with Gasteiger partial charge in [-0.3, -0.25) is 14.5 Å². The Kier molecular flexibility index (Phi) is 5.58. The third-order valence-corrected chi connectivity index (χ3v) is 2.67. The molecule has 0 bridgehead atoms. The highest BCUT2D eigenvalue weighted by molar-refractivity contribution is 6.19. The zero-order valence-corrected chi connectivity index (χ0v) is 10.5. The molecule has 0 spiro atoms. The molecule has 0 aliphatic rings. The van der Waals surface area contributed by atoms with Gasteiger partial charge in [-0.05, 0) is 26.8 Å². The summed E-state index contributed by atoms with van der Waals surface area (Å²) in [6.45, 7) is 7.01. The van der Waals surface area contributed by atoms with Crippen molar-refractivity contribution >= 4 is 23.4 Å². The average Bonchev–Trinajstić information content (AvgIpc) is 2.17. The molecular weight excluding hydrogens is 214 g/mol. The fraction of sp³-hybridized carbons (Fsp3) is 0.636. The van der Waals surface area contributed by atoms with Crippen LogP contribution in [0.2, 0.25) is 0 Å². The number of hydrogen-bond donors (Lipinski definition) is 0. The molecule has 0 atom stereocenters. The lowest BCUT2D eigenvalue weighted by Crippen LogP contribution is -2.51. The summed E-state index contributed by atoms with van der Waals surface area (Å²) in [5.74, 6) is -0.291. The van der Waals surface area contributed by atoms with Gasteiger partial charge < -0.3 is 0 Å². The SMILES string of the molecule is C/C=C/C(=O)N(C(=O)CC)C(C)(C)CCl. The van der Waals surface area contributed by atoms with E-state index in [1.807, 2.05) is 0 Å². The van der Waals surface area contributed by atoms with Crippen LogP contribution < -0.4 is 0 Å². The molecule has 15 heavy (non-hydrogen) atoms. The van der Waals surface area contributed by atoms with Crippen molar-refractivity contribution in [2.75, 3.05) is 5.88 Å². The third-order valence-electron chi connectivity index (χ3n) is 2.01. The second-order valence-electron chi connectivity index (χ2n) is 3.87. The Hall–Kier alpha value is -0.830.